The largest absolute Gasteiger partial charge is 0.302 e. The molecule has 0 spiro atoms. The van der Waals surface area contributed by atoms with Gasteiger partial charge in [-0.3, -0.25) is 0 Å². The molecule has 0 aliphatic carbocycles. The Labute approximate surface area is 60.8 Å². The molecule has 0 atom stereocenters. The first-order valence-electron chi connectivity index (χ1n) is 2.91. The van der Waals surface area contributed by atoms with E-state index in [0.717, 1.165) is 5.57 Å². The van der Waals surface area contributed by atoms with Crippen LogP contribution in [-0.2, 0) is 4.84 Å². The second-order valence-electron chi connectivity index (χ2n) is 1.71. The van der Waals surface area contributed by atoms with Crippen molar-refractivity contribution in [3.05, 3.63) is 11.1 Å². The highest BCUT2D eigenvalue weighted by molar-refractivity contribution is 6.25. The summed E-state index contributed by atoms with van der Waals surface area (Å²) < 4.78 is 0. The lowest BCUT2D eigenvalue weighted by Gasteiger charge is -2.01. The monoisotopic (exact) mass is 149 g/mol. The predicted octanol–water partition coefficient (Wildman–Crippen LogP) is 1.67. The molecule has 3 heteroatoms. The highest BCUT2D eigenvalue weighted by Gasteiger charge is 1.85. The van der Waals surface area contributed by atoms with Crippen LogP contribution in [0.15, 0.2) is 11.1 Å². The van der Waals surface area contributed by atoms with Gasteiger partial charge in [0.2, 0.25) is 0 Å². The summed E-state index contributed by atoms with van der Waals surface area (Å²) in [5.41, 5.74) is 5.33. The summed E-state index contributed by atoms with van der Waals surface area (Å²) >= 11 is 5.37. The van der Waals surface area contributed by atoms with Crippen molar-refractivity contribution in [1.82, 2.24) is 5.48 Å². The number of hydrogen-bond acceptors (Lipinski definition) is 2. The van der Waals surface area contributed by atoms with Crippen molar-refractivity contribution < 1.29 is 4.84 Å². The highest BCUT2D eigenvalue weighted by Crippen LogP contribution is 1.91. The zero-order valence-corrected chi connectivity index (χ0v) is 6.53. The molecule has 0 amide bonds. The molecule has 0 radical (unpaired) electrons. The van der Waals surface area contributed by atoms with Crippen molar-refractivity contribution in [1.29, 1.82) is 0 Å². The van der Waals surface area contributed by atoms with E-state index in [2.05, 4.69) is 5.48 Å². The number of hydrogen-bond donors (Lipinski definition) is 1. The van der Waals surface area contributed by atoms with Crippen LogP contribution in [0.3, 0.4) is 0 Å². The Morgan fingerprint density at radius 1 is 1.78 bits per heavy atom. The van der Waals surface area contributed by atoms with Crippen molar-refractivity contribution >= 4 is 11.6 Å². The lowest BCUT2D eigenvalue weighted by Crippen LogP contribution is -2.16. The summed E-state index contributed by atoms with van der Waals surface area (Å²) in [7, 11) is 0. The molecule has 2 nitrogen and oxygen atoms in total. The van der Waals surface area contributed by atoms with Gasteiger partial charge < -0.3 is 4.84 Å². The first kappa shape index (κ1) is 8.95. The molecule has 0 bridgehead atoms. The predicted molar refractivity (Wildman–Crippen MR) is 39.2 cm³/mol. The maximum Gasteiger partial charge on any atom is 0.0654 e. The van der Waals surface area contributed by atoms with Crippen molar-refractivity contribution in [3.8, 4) is 0 Å². The van der Waals surface area contributed by atoms with E-state index in [1.165, 1.54) is 5.54 Å². The van der Waals surface area contributed by atoms with Crippen LogP contribution in [0.5, 0.6) is 0 Å². The van der Waals surface area contributed by atoms with Gasteiger partial charge in [0, 0.05) is 12.1 Å². The molecule has 0 saturated heterocycles. The minimum Gasteiger partial charge on any atom is -0.302 e. The van der Waals surface area contributed by atoms with E-state index in [0.29, 0.717) is 13.2 Å². The van der Waals surface area contributed by atoms with Gasteiger partial charge in [-0.25, -0.2) is 0 Å². The molecule has 0 aromatic heterocycles. The maximum absolute atomic E-state index is 5.37. The fourth-order valence-electron chi connectivity index (χ4n) is 0.306. The standard InChI is InChI=1S/C6H12ClNO/c1-3-9-8-5-6(2)4-7/h4,8H,3,5H2,1-2H3. The molecule has 0 fully saturated rings. The second-order valence-corrected chi connectivity index (χ2v) is 1.93. The Balaban J connectivity index is 3.07. The fraction of sp³-hybridized carbons (Fsp3) is 0.667. The Hall–Kier alpha value is -0.0500. The normalized spacial score (nSPS) is 12.1. The van der Waals surface area contributed by atoms with E-state index in [-0.39, 0.29) is 0 Å². The molecule has 0 unspecified atom stereocenters. The van der Waals surface area contributed by atoms with E-state index < -0.39 is 0 Å². The molecule has 9 heavy (non-hydrogen) atoms. The van der Waals surface area contributed by atoms with Crippen molar-refractivity contribution in [2.45, 2.75) is 13.8 Å². The van der Waals surface area contributed by atoms with Crippen LogP contribution in [0.1, 0.15) is 13.8 Å². The topological polar surface area (TPSA) is 21.3 Å². The molecule has 0 aliphatic heterocycles. The molecule has 0 aromatic carbocycles. The maximum atomic E-state index is 5.37. The van der Waals surface area contributed by atoms with E-state index in [1.807, 2.05) is 13.8 Å². The highest BCUT2D eigenvalue weighted by atomic mass is 35.5. The van der Waals surface area contributed by atoms with Gasteiger partial charge in [0.1, 0.15) is 0 Å². The molecule has 0 heterocycles. The third-order valence-corrected chi connectivity index (χ3v) is 1.16. The van der Waals surface area contributed by atoms with Crippen LogP contribution < -0.4 is 5.48 Å². The SMILES string of the molecule is CCONCC(C)=CCl. The molecule has 54 valence electrons. The fourth-order valence-corrected chi connectivity index (χ4v) is 0.383. The third kappa shape index (κ3) is 5.83. The van der Waals surface area contributed by atoms with Crippen LogP contribution in [0, 0.1) is 0 Å². The minimum atomic E-state index is 0.676. The summed E-state index contributed by atoms with van der Waals surface area (Å²) in [4.78, 5) is 4.86. The van der Waals surface area contributed by atoms with Gasteiger partial charge in [0.05, 0.1) is 6.61 Å². The Kier molecular flexibility index (Phi) is 6.04. The Bertz CT molecular complexity index is 93.1. The van der Waals surface area contributed by atoms with Gasteiger partial charge in [0.25, 0.3) is 0 Å². The Morgan fingerprint density at radius 2 is 2.44 bits per heavy atom. The summed E-state index contributed by atoms with van der Waals surface area (Å²) in [6, 6.07) is 0. The van der Waals surface area contributed by atoms with E-state index in [4.69, 9.17) is 16.4 Å². The summed E-state index contributed by atoms with van der Waals surface area (Å²) in [5, 5.41) is 0. The lowest BCUT2D eigenvalue weighted by molar-refractivity contribution is 0.0572. The molecule has 0 saturated carbocycles. The van der Waals surface area contributed by atoms with E-state index >= 15 is 0 Å². The van der Waals surface area contributed by atoms with Crippen LogP contribution >= 0.6 is 11.6 Å². The molecule has 0 aliphatic rings. The number of nitrogens with one attached hydrogen (secondary N) is 1. The summed E-state index contributed by atoms with van der Waals surface area (Å²) in [6.07, 6.45) is 0. The molecule has 0 aromatic rings. The van der Waals surface area contributed by atoms with Gasteiger partial charge in [0.15, 0.2) is 0 Å². The van der Waals surface area contributed by atoms with Crippen molar-refractivity contribution in [2.24, 2.45) is 0 Å². The Morgan fingerprint density at radius 3 is 2.89 bits per heavy atom. The third-order valence-electron chi connectivity index (χ3n) is 0.784. The van der Waals surface area contributed by atoms with Gasteiger partial charge in [-0.2, -0.15) is 5.48 Å². The zero-order valence-electron chi connectivity index (χ0n) is 5.78. The minimum absolute atomic E-state index is 0.676. The molecule has 1 N–H and O–H groups in total. The van der Waals surface area contributed by atoms with Gasteiger partial charge in [-0.1, -0.05) is 11.6 Å². The van der Waals surface area contributed by atoms with Gasteiger partial charge in [-0.15, -0.1) is 0 Å². The molecule has 0 rings (SSSR count). The summed E-state index contributed by atoms with van der Waals surface area (Å²) in [6.45, 7) is 5.22. The van der Waals surface area contributed by atoms with E-state index in [1.54, 1.807) is 0 Å². The smallest absolute Gasteiger partial charge is 0.0654 e. The van der Waals surface area contributed by atoms with Crippen LogP contribution in [0.4, 0.5) is 0 Å². The number of hydroxylamine groups is 1. The lowest BCUT2D eigenvalue weighted by atomic mass is 10.4. The number of rotatable bonds is 4. The average Bonchev–Trinajstić information content (AvgIpc) is 1.89. The zero-order chi connectivity index (χ0) is 7.11. The summed E-state index contributed by atoms with van der Waals surface area (Å²) in [5.74, 6) is 0. The first-order valence-corrected chi connectivity index (χ1v) is 3.35. The van der Waals surface area contributed by atoms with E-state index in [9.17, 15) is 0 Å². The van der Waals surface area contributed by atoms with Crippen LogP contribution in [-0.4, -0.2) is 13.2 Å². The van der Waals surface area contributed by atoms with Crippen LogP contribution in [0.25, 0.3) is 0 Å². The average molecular weight is 150 g/mol. The second kappa shape index (κ2) is 6.08. The quantitative estimate of drug-likeness (QED) is 0.485. The first-order chi connectivity index (χ1) is 4.31. The van der Waals surface area contributed by atoms with Crippen molar-refractivity contribution in [2.75, 3.05) is 13.2 Å². The van der Waals surface area contributed by atoms with Crippen molar-refractivity contribution in [3.63, 3.8) is 0 Å². The van der Waals surface area contributed by atoms with Crippen LogP contribution in [0.2, 0.25) is 0 Å². The van der Waals surface area contributed by atoms with Gasteiger partial charge in [-0.05, 0) is 19.4 Å². The molecular weight excluding hydrogens is 138 g/mol. The molecular formula is C6H12ClNO. The van der Waals surface area contributed by atoms with Gasteiger partial charge >= 0.3 is 0 Å². The number of halogens is 1.